The second-order valence-corrected chi connectivity index (χ2v) is 17.8. The van der Waals surface area contributed by atoms with Crippen molar-refractivity contribution in [2.75, 3.05) is 0 Å². The topological polar surface area (TPSA) is 4.93 Å². The van der Waals surface area contributed by atoms with E-state index in [1.54, 1.807) is 0 Å². The summed E-state index contributed by atoms with van der Waals surface area (Å²) in [5.41, 5.74) is 15.8. The molecule has 1 aromatic heterocycles. The molecule has 0 radical (unpaired) electrons. The van der Waals surface area contributed by atoms with Crippen LogP contribution in [0.15, 0.2) is 260 Å². The van der Waals surface area contributed by atoms with Gasteiger partial charge in [0.05, 0.1) is 16.4 Å². The fourth-order valence-corrected chi connectivity index (χ4v) is 10.5. The Bertz CT molecular complexity index is 3450. The van der Waals surface area contributed by atoms with E-state index in [0.717, 1.165) is 6.42 Å². The molecule has 1 atom stereocenters. The molecule has 330 valence electrons. The van der Waals surface area contributed by atoms with Crippen molar-refractivity contribution in [1.82, 2.24) is 4.57 Å². The first-order valence-corrected chi connectivity index (χ1v) is 24.2. The first kappa shape index (κ1) is 43.9. The van der Waals surface area contributed by atoms with Gasteiger partial charge < -0.3 is 4.57 Å². The number of aryl methyl sites for hydroxylation is 1. The van der Waals surface area contributed by atoms with Crippen LogP contribution in [-0.2, 0) is 5.41 Å². The largest absolute Gasteiger partial charge is 0.309 e. The Morgan fingerprint density at radius 3 is 1.56 bits per heavy atom. The smallest absolute Gasteiger partial charge is 0.0710 e. The zero-order valence-corrected chi connectivity index (χ0v) is 39.5. The number of hydrogen-bond donors (Lipinski definition) is 0. The number of fused-ring (bicyclic) bond motifs is 8. The molecule has 68 heavy (non-hydrogen) atoms. The summed E-state index contributed by atoms with van der Waals surface area (Å²) in [7, 11) is 0. The lowest BCUT2D eigenvalue weighted by molar-refractivity contribution is 0.718. The molecule has 0 amide bonds. The van der Waals surface area contributed by atoms with Gasteiger partial charge in [-0.25, -0.2) is 0 Å². The fourth-order valence-electron chi connectivity index (χ4n) is 10.5. The van der Waals surface area contributed by atoms with Crippen LogP contribution in [0.3, 0.4) is 0 Å². The standard InChI is InChI=1S/C29H21N.C26H22.C10H8.C2H6/c1-20-10-12-21(13-11-20)22-14-17-24(18-15-22)30-28-9-5-4-8-26(28)27-19-16-23-6-2-3-7-25(23)29(27)30;1-19-16-17-25-23(18-19)22-14-8-9-15-24(22)26(25,20-10-4-2-5-11-20)21-12-6-3-7-13-21;1-2-6-10-8-4-3-7-9(10)5-1;1-2/h2-19H,1H3;2-17,19H,18H2,1H3;1-8H;1-2H3. The molecule has 1 heteroatoms. The number of rotatable bonds is 4. The molecule has 1 unspecified atom stereocenters. The lowest BCUT2D eigenvalue weighted by Gasteiger charge is -2.35. The SMILES string of the molecule is CC.CC1C=CC2=C(C1)c1ccccc1C2(c1ccccc1)c1ccccc1.Cc1ccc(-c2ccc(-n3c4ccccc4c4ccc5ccccc5c43)cc2)cc1.c1ccc2ccccc2c1. The summed E-state index contributed by atoms with van der Waals surface area (Å²) < 4.78 is 2.41. The third-order valence-electron chi connectivity index (χ3n) is 13.6. The van der Waals surface area contributed by atoms with Crippen LogP contribution in [0, 0.1) is 12.8 Å². The fraction of sp³-hybridized carbons (Fsp3) is 0.104. The van der Waals surface area contributed by atoms with Crippen LogP contribution >= 0.6 is 0 Å². The van der Waals surface area contributed by atoms with E-state index in [1.165, 1.54) is 99.1 Å². The molecule has 2 aliphatic rings. The maximum Gasteiger partial charge on any atom is 0.0710 e. The highest BCUT2D eigenvalue weighted by atomic mass is 15.0. The van der Waals surface area contributed by atoms with Crippen molar-refractivity contribution in [3.05, 3.63) is 288 Å². The Hall–Kier alpha value is -8.00. The van der Waals surface area contributed by atoms with E-state index in [4.69, 9.17) is 0 Å². The molecule has 0 N–H and O–H groups in total. The van der Waals surface area contributed by atoms with Crippen molar-refractivity contribution in [1.29, 1.82) is 0 Å². The number of hydrogen-bond acceptors (Lipinski definition) is 0. The van der Waals surface area contributed by atoms with Crippen LogP contribution in [-0.4, -0.2) is 4.57 Å². The predicted octanol–water partition coefficient (Wildman–Crippen LogP) is 18.2. The number of nitrogens with zero attached hydrogens (tertiary/aromatic N) is 1. The molecule has 10 aromatic carbocycles. The van der Waals surface area contributed by atoms with E-state index in [-0.39, 0.29) is 5.41 Å². The molecule has 2 aliphatic carbocycles. The molecule has 0 spiro atoms. The molecular formula is C67H57N. The minimum Gasteiger partial charge on any atom is -0.309 e. The molecule has 0 bridgehead atoms. The zero-order chi connectivity index (χ0) is 46.5. The van der Waals surface area contributed by atoms with Crippen LogP contribution in [0.5, 0.6) is 0 Å². The highest BCUT2D eigenvalue weighted by Gasteiger charge is 2.47. The summed E-state index contributed by atoms with van der Waals surface area (Å²) in [5, 5.41) is 7.77. The van der Waals surface area contributed by atoms with E-state index in [2.05, 4.69) is 273 Å². The Labute approximate surface area is 402 Å². The van der Waals surface area contributed by atoms with Crippen LogP contribution < -0.4 is 0 Å². The third-order valence-corrected chi connectivity index (χ3v) is 13.6. The van der Waals surface area contributed by atoms with Gasteiger partial charge in [0, 0.05) is 21.8 Å². The second kappa shape index (κ2) is 19.5. The van der Waals surface area contributed by atoms with Crippen LogP contribution in [0.25, 0.3) is 65.7 Å². The average Bonchev–Trinajstić information content (AvgIpc) is 3.91. The van der Waals surface area contributed by atoms with Gasteiger partial charge in [0.25, 0.3) is 0 Å². The van der Waals surface area contributed by atoms with E-state index >= 15 is 0 Å². The number of allylic oxidation sites excluding steroid dienone is 4. The lowest BCUT2D eigenvalue weighted by Crippen LogP contribution is -2.29. The second-order valence-electron chi connectivity index (χ2n) is 17.8. The first-order valence-electron chi connectivity index (χ1n) is 24.2. The Kier molecular flexibility index (Phi) is 12.6. The highest BCUT2D eigenvalue weighted by Crippen LogP contribution is 2.57. The zero-order valence-electron chi connectivity index (χ0n) is 39.5. The molecule has 0 fully saturated rings. The summed E-state index contributed by atoms with van der Waals surface area (Å²) in [6, 6.07) is 87.2. The molecular weight excluding hydrogens is 819 g/mol. The van der Waals surface area contributed by atoms with Crippen molar-refractivity contribution in [2.45, 2.75) is 39.5 Å². The predicted molar refractivity (Wildman–Crippen MR) is 293 cm³/mol. The summed E-state index contributed by atoms with van der Waals surface area (Å²) >= 11 is 0. The van der Waals surface area contributed by atoms with Crippen LogP contribution in [0.1, 0.15) is 55.0 Å². The van der Waals surface area contributed by atoms with Crippen molar-refractivity contribution >= 4 is 48.9 Å². The molecule has 0 aliphatic heterocycles. The van der Waals surface area contributed by atoms with Gasteiger partial charge in [-0.05, 0) is 98.1 Å². The van der Waals surface area contributed by atoms with Crippen molar-refractivity contribution in [3.8, 4) is 16.8 Å². The minimum atomic E-state index is -0.217. The quantitative estimate of drug-likeness (QED) is 0.166. The van der Waals surface area contributed by atoms with Gasteiger partial charge in [-0.3, -0.25) is 0 Å². The van der Waals surface area contributed by atoms with Gasteiger partial charge in [-0.1, -0.05) is 263 Å². The lowest BCUT2D eigenvalue weighted by atomic mass is 9.66. The molecule has 1 heterocycles. The molecule has 1 nitrogen and oxygen atoms in total. The van der Waals surface area contributed by atoms with E-state index in [1.807, 2.05) is 13.8 Å². The number of benzene rings is 10. The molecule has 0 saturated carbocycles. The van der Waals surface area contributed by atoms with Crippen molar-refractivity contribution in [2.24, 2.45) is 5.92 Å². The highest BCUT2D eigenvalue weighted by molar-refractivity contribution is 6.18. The number of para-hydroxylation sites is 1. The Morgan fingerprint density at radius 2 is 0.941 bits per heavy atom. The summed E-state index contributed by atoms with van der Waals surface area (Å²) in [4.78, 5) is 0. The Morgan fingerprint density at radius 1 is 0.441 bits per heavy atom. The van der Waals surface area contributed by atoms with Gasteiger partial charge in [-0.2, -0.15) is 0 Å². The summed E-state index contributed by atoms with van der Waals surface area (Å²) in [6.07, 6.45) is 5.89. The van der Waals surface area contributed by atoms with Gasteiger partial charge in [0.1, 0.15) is 0 Å². The van der Waals surface area contributed by atoms with Crippen molar-refractivity contribution in [3.63, 3.8) is 0 Å². The van der Waals surface area contributed by atoms with Gasteiger partial charge in [0.2, 0.25) is 0 Å². The van der Waals surface area contributed by atoms with Crippen molar-refractivity contribution < 1.29 is 0 Å². The van der Waals surface area contributed by atoms with E-state index < -0.39 is 0 Å². The maximum absolute atomic E-state index is 2.41. The maximum atomic E-state index is 2.41. The first-order chi connectivity index (χ1) is 33.6. The molecule has 11 aromatic rings. The molecule has 13 rings (SSSR count). The Balaban J connectivity index is 0.000000129. The summed E-state index contributed by atoms with van der Waals surface area (Å²) in [6.45, 7) is 8.44. The van der Waals surface area contributed by atoms with Crippen LogP contribution in [0.2, 0.25) is 0 Å². The average molecular weight is 876 g/mol. The van der Waals surface area contributed by atoms with Gasteiger partial charge in [0.15, 0.2) is 0 Å². The summed E-state index contributed by atoms with van der Waals surface area (Å²) in [5.74, 6) is 0.587. The molecule has 0 saturated heterocycles. The van der Waals surface area contributed by atoms with E-state index in [9.17, 15) is 0 Å². The minimum absolute atomic E-state index is 0.217. The van der Waals surface area contributed by atoms with E-state index in [0.29, 0.717) is 5.92 Å². The number of aromatic nitrogens is 1. The normalized spacial score (nSPS) is 14.3. The van der Waals surface area contributed by atoms with Gasteiger partial charge >= 0.3 is 0 Å². The van der Waals surface area contributed by atoms with Gasteiger partial charge in [-0.15, -0.1) is 0 Å². The third kappa shape index (κ3) is 8.05. The van der Waals surface area contributed by atoms with Crippen LogP contribution in [0.4, 0.5) is 0 Å². The monoisotopic (exact) mass is 875 g/mol.